The lowest BCUT2D eigenvalue weighted by molar-refractivity contribution is 0.898. The number of thioether (sulfide) groups is 1. The number of aromatic nitrogens is 2. The Morgan fingerprint density at radius 1 is 1.29 bits per heavy atom. The van der Waals surface area contributed by atoms with Crippen LogP contribution in [-0.4, -0.2) is 15.8 Å². The third kappa shape index (κ3) is 1.79. The predicted molar refractivity (Wildman–Crippen MR) is 60.4 cm³/mol. The Bertz CT molecular complexity index is 422. The Labute approximate surface area is 91.9 Å². The first-order valence-electron chi connectivity index (χ1n) is 4.14. The third-order valence-electron chi connectivity index (χ3n) is 1.89. The largest absolute Gasteiger partial charge is 0.295 e. The Morgan fingerprint density at radius 2 is 2.00 bits per heavy atom. The van der Waals surface area contributed by atoms with Gasteiger partial charge in [-0.3, -0.25) is 4.57 Å². The number of hydrogen-bond acceptors (Lipinski definition) is 2. The van der Waals surface area contributed by atoms with Gasteiger partial charge in [0, 0.05) is 23.1 Å². The molecule has 4 heteroatoms. The summed E-state index contributed by atoms with van der Waals surface area (Å²) >= 11 is 7.44. The normalized spacial score (nSPS) is 10.4. The molecule has 0 spiro atoms. The maximum Gasteiger partial charge on any atom is 0.172 e. The van der Waals surface area contributed by atoms with Crippen molar-refractivity contribution in [1.82, 2.24) is 9.55 Å². The Hall–Kier alpha value is -0.930. The van der Waals surface area contributed by atoms with Crippen LogP contribution in [0.5, 0.6) is 0 Å². The van der Waals surface area contributed by atoms with Crippen LogP contribution in [0.3, 0.4) is 0 Å². The van der Waals surface area contributed by atoms with Gasteiger partial charge < -0.3 is 0 Å². The van der Waals surface area contributed by atoms with Crippen LogP contribution in [0.1, 0.15) is 0 Å². The number of hydrogen-bond donors (Lipinski definition) is 0. The van der Waals surface area contributed by atoms with Crippen molar-refractivity contribution in [1.29, 1.82) is 0 Å². The van der Waals surface area contributed by atoms with Gasteiger partial charge in [0.25, 0.3) is 0 Å². The van der Waals surface area contributed by atoms with Gasteiger partial charge >= 0.3 is 0 Å². The van der Waals surface area contributed by atoms with E-state index in [2.05, 4.69) is 4.98 Å². The van der Waals surface area contributed by atoms with Gasteiger partial charge in [-0.2, -0.15) is 0 Å². The summed E-state index contributed by atoms with van der Waals surface area (Å²) < 4.78 is 2.03. The van der Waals surface area contributed by atoms with E-state index in [9.17, 15) is 0 Å². The van der Waals surface area contributed by atoms with Crippen LogP contribution >= 0.6 is 23.4 Å². The molecule has 0 N–H and O–H groups in total. The first-order valence-corrected chi connectivity index (χ1v) is 5.75. The average molecular weight is 225 g/mol. The van der Waals surface area contributed by atoms with Crippen molar-refractivity contribution >= 4 is 23.4 Å². The molecule has 2 rings (SSSR count). The highest BCUT2D eigenvalue weighted by Crippen LogP contribution is 2.19. The molecule has 0 aliphatic rings. The summed E-state index contributed by atoms with van der Waals surface area (Å²) in [4.78, 5) is 4.23. The molecule has 1 heterocycles. The van der Waals surface area contributed by atoms with Gasteiger partial charge in [0.2, 0.25) is 0 Å². The monoisotopic (exact) mass is 224 g/mol. The quantitative estimate of drug-likeness (QED) is 0.729. The summed E-state index contributed by atoms with van der Waals surface area (Å²) in [6.45, 7) is 0. The smallest absolute Gasteiger partial charge is 0.172 e. The van der Waals surface area contributed by atoms with Gasteiger partial charge in [-0.1, -0.05) is 23.4 Å². The van der Waals surface area contributed by atoms with Crippen LogP contribution in [0.15, 0.2) is 41.8 Å². The highest BCUT2D eigenvalue weighted by molar-refractivity contribution is 7.98. The Balaban J connectivity index is 2.44. The maximum atomic E-state index is 5.82. The lowest BCUT2D eigenvalue weighted by Crippen LogP contribution is -1.93. The molecule has 0 saturated carbocycles. The van der Waals surface area contributed by atoms with Crippen molar-refractivity contribution < 1.29 is 0 Å². The summed E-state index contributed by atoms with van der Waals surface area (Å²) in [5.41, 5.74) is 1.08. The second-order valence-electron chi connectivity index (χ2n) is 2.76. The van der Waals surface area contributed by atoms with E-state index in [4.69, 9.17) is 11.6 Å². The zero-order chi connectivity index (χ0) is 9.97. The van der Waals surface area contributed by atoms with Gasteiger partial charge in [0.05, 0.1) is 0 Å². The van der Waals surface area contributed by atoms with E-state index >= 15 is 0 Å². The van der Waals surface area contributed by atoms with Crippen molar-refractivity contribution in [3.8, 4) is 5.69 Å². The summed E-state index contributed by atoms with van der Waals surface area (Å²) in [6.07, 6.45) is 5.74. The fraction of sp³-hybridized carbons (Fsp3) is 0.100. The lowest BCUT2D eigenvalue weighted by atomic mass is 10.3. The van der Waals surface area contributed by atoms with Crippen molar-refractivity contribution in [3.05, 3.63) is 41.7 Å². The van der Waals surface area contributed by atoms with Crippen LogP contribution in [0.4, 0.5) is 0 Å². The van der Waals surface area contributed by atoms with Gasteiger partial charge in [-0.05, 0) is 30.5 Å². The average Bonchev–Trinajstić information content (AvgIpc) is 2.67. The van der Waals surface area contributed by atoms with Crippen molar-refractivity contribution in [2.45, 2.75) is 5.16 Å². The van der Waals surface area contributed by atoms with Gasteiger partial charge in [-0.25, -0.2) is 4.98 Å². The standard InChI is InChI=1S/C10H9ClN2S/c1-14-10-12-6-7-13(10)9-4-2-8(11)3-5-9/h2-7H,1H3. The second-order valence-corrected chi connectivity index (χ2v) is 3.97. The van der Waals surface area contributed by atoms with Gasteiger partial charge in [-0.15, -0.1) is 0 Å². The van der Waals surface area contributed by atoms with Crippen LogP contribution < -0.4 is 0 Å². The van der Waals surface area contributed by atoms with Crippen LogP contribution in [-0.2, 0) is 0 Å². The molecule has 14 heavy (non-hydrogen) atoms. The molecule has 0 bridgehead atoms. The predicted octanol–water partition coefficient (Wildman–Crippen LogP) is 3.25. The zero-order valence-electron chi connectivity index (χ0n) is 7.64. The SMILES string of the molecule is CSc1nccn1-c1ccc(Cl)cc1. The summed E-state index contributed by atoms with van der Waals surface area (Å²) in [7, 11) is 0. The molecule has 2 nitrogen and oxygen atoms in total. The van der Waals surface area contributed by atoms with E-state index in [0.717, 1.165) is 15.9 Å². The minimum absolute atomic E-state index is 0.750. The second kappa shape index (κ2) is 4.07. The van der Waals surface area contributed by atoms with E-state index in [1.807, 2.05) is 41.3 Å². The summed E-state index contributed by atoms with van der Waals surface area (Å²) in [5, 5.41) is 1.73. The number of benzene rings is 1. The van der Waals surface area contributed by atoms with E-state index in [-0.39, 0.29) is 0 Å². The minimum Gasteiger partial charge on any atom is -0.295 e. The molecular weight excluding hydrogens is 216 g/mol. The fourth-order valence-electron chi connectivity index (χ4n) is 1.24. The topological polar surface area (TPSA) is 17.8 Å². The third-order valence-corrected chi connectivity index (χ3v) is 2.81. The molecular formula is C10H9ClN2S. The zero-order valence-corrected chi connectivity index (χ0v) is 9.22. The van der Waals surface area contributed by atoms with Crippen LogP contribution in [0, 0.1) is 0 Å². The number of rotatable bonds is 2. The molecule has 0 unspecified atom stereocenters. The van der Waals surface area contributed by atoms with Crippen molar-refractivity contribution in [3.63, 3.8) is 0 Å². The first kappa shape index (κ1) is 9.62. The lowest BCUT2D eigenvalue weighted by Gasteiger charge is -2.05. The highest BCUT2D eigenvalue weighted by atomic mass is 35.5. The number of nitrogens with zero attached hydrogens (tertiary/aromatic N) is 2. The molecule has 0 aliphatic heterocycles. The molecule has 0 aliphatic carbocycles. The van der Waals surface area contributed by atoms with Crippen molar-refractivity contribution in [2.75, 3.05) is 6.26 Å². The molecule has 0 atom stereocenters. The molecule has 2 aromatic rings. The van der Waals surface area contributed by atoms with E-state index in [0.29, 0.717) is 0 Å². The maximum absolute atomic E-state index is 5.82. The van der Waals surface area contributed by atoms with E-state index in [1.54, 1.807) is 18.0 Å². The molecule has 0 saturated heterocycles. The Kier molecular flexibility index (Phi) is 2.79. The van der Waals surface area contributed by atoms with Gasteiger partial charge in [0.1, 0.15) is 0 Å². The summed E-state index contributed by atoms with van der Waals surface area (Å²) in [6, 6.07) is 7.70. The first-order chi connectivity index (χ1) is 6.81. The molecule has 1 aromatic carbocycles. The fourth-order valence-corrected chi connectivity index (χ4v) is 1.89. The van der Waals surface area contributed by atoms with Crippen LogP contribution in [0.2, 0.25) is 5.02 Å². The molecule has 0 fully saturated rings. The number of halogens is 1. The molecule has 72 valence electrons. The minimum atomic E-state index is 0.750. The van der Waals surface area contributed by atoms with Gasteiger partial charge in [0.15, 0.2) is 5.16 Å². The molecule has 1 aromatic heterocycles. The molecule has 0 radical (unpaired) electrons. The van der Waals surface area contributed by atoms with E-state index < -0.39 is 0 Å². The van der Waals surface area contributed by atoms with E-state index in [1.165, 1.54) is 0 Å². The molecule has 0 amide bonds. The Morgan fingerprint density at radius 3 is 2.64 bits per heavy atom. The van der Waals surface area contributed by atoms with Crippen molar-refractivity contribution in [2.24, 2.45) is 0 Å². The number of imidazole rings is 1. The van der Waals surface area contributed by atoms with Crippen LogP contribution in [0.25, 0.3) is 5.69 Å². The highest BCUT2D eigenvalue weighted by Gasteiger charge is 2.02. The summed E-state index contributed by atoms with van der Waals surface area (Å²) in [5.74, 6) is 0.